The molecule has 0 saturated heterocycles. The van der Waals surface area contributed by atoms with E-state index in [4.69, 9.17) is 0 Å². The number of amides is 2. The van der Waals surface area contributed by atoms with Gasteiger partial charge in [0, 0.05) is 17.7 Å². The molecule has 0 fully saturated rings. The summed E-state index contributed by atoms with van der Waals surface area (Å²) in [4.78, 5) is 24.9. The minimum Gasteiger partial charge on any atom is -0.350 e. The highest BCUT2D eigenvalue weighted by Crippen LogP contribution is 2.11. The molecule has 0 radical (unpaired) electrons. The number of nitrogens with one attached hydrogen (secondary N) is 2. The van der Waals surface area contributed by atoms with Crippen molar-refractivity contribution < 1.29 is 14.0 Å². The molecule has 0 spiro atoms. The highest BCUT2D eigenvalue weighted by molar-refractivity contribution is 5.97. The fourth-order valence-electron chi connectivity index (χ4n) is 2.45. The number of carbonyl (C=O) groups excluding carboxylic acids is 2. The summed E-state index contributed by atoms with van der Waals surface area (Å²) in [5.74, 6) is -1.03. The predicted octanol–water partition coefficient (Wildman–Crippen LogP) is 3.29. The zero-order valence-electron chi connectivity index (χ0n) is 14.5. The van der Waals surface area contributed by atoms with Crippen LogP contribution in [0.15, 0.2) is 54.6 Å². The third kappa shape index (κ3) is 5.14. The molecule has 2 atom stereocenters. The van der Waals surface area contributed by atoms with Crippen LogP contribution in [0.5, 0.6) is 0 Å². The van der Waals surface area contributed by atoms with Crippen molar-refractivity contribution in [3.8, 4) is 0 Å². The Kier molecular flexibility index (Phi) is 6.69. The summed E-state index contributed by atoms with van der Waals surface area (Å²) in [7, 11) is 0. The third-order valence-corrected chi connectivity index (χ3v) is 4.23. The van der Waals surface area contributed by atoms with Gasteiger partial charge in [0.25, 0.3) is 5.91 Å². The Bertz CT molecular complexity index is 719. The van der Waals surface area contributed by atoms with Gasteiger partial charge in [0.1, 0.15) is 11.9 Å². The minimum absolute atomic E-state index is 0.0479. The molecule has 0 bridgehead atoms. The van der Waals surface area contributed by atoms with Crippen LogP contribution in [0.2, 0.25) is 0 Å². The fourth-order valence-corrected chi connectivity index (χ4v) is 2.45. The molecule has 0 saturated carbocycles. The van der Waals surface area contributed by atoms with E-state index in [1.807, 2.05) is 19.9 Å². The molecule has 2 amide bonds. The molecule has 0 aliphatic carbocycles. The number of carbonyl (C=O) groups is 2. The van der Waals surface area contributed by atoms with Crippen LogP contribution in [0.25, 0.3) is 0 Å². The van der Waals surface area contributed by atoms with Gasteiger partial charge in [-0.25, -0.2) is 4.39 Å². The molecule has 4 nitrogen and oxygen atoms in total. The summed E-state index contributed by atoms with van der Waals surface area (Å²) in [6, 6.07) is 14.4. The van der Waals surface area contributed by atoms with Crippen molar-refractivity contribution in [2.75, 3.05) is 0 Å². The van der Waals surface area contributed by atoms with E-state index in [0.29, 0.717) is 11.1 Å². The standard InChI is InChI=1S/C20H23FN2O2/c1-3-14(2)18(23-19(24)15-9-5-4-6-10-15)20(25)22-13-16-11-7-8-12-17(16)21/h4-12,14,18H,3,13H2,1-2H3,(H,22,25)(H,23,24)/t14-,18+/m0/s1. The first-order valence-corrected chi connectivity index (χ1v) is 8.40. The Hall–Kier alpha value is -2.69. The van der Waals surface area contributed by atoms with Gasteiger partial charge in [-0.15, -0.1) is 0 Å². The van der Waals surface area contributed by atoms with E-state index in [2.05, 4.69) is 10.6 Å². The van der Waals surface area contributed by atoms with Crippen LogP contribution in [0, 0.1) is 11.7 Å². The van der Waals surface area contributed by atoms with Crippen molar-refractivity contribution in [1.29, 1.82) is 0 Å². The molecule has 0 unspecified atom stereocenters. The summed E-state index contributed by atoms with van der Waals surface area (Å²) >= 11 is 0. The number of benzene rings is 2. The van der Waals surface area contributed by atoms with Crippen LogP contribution >= 0.6 is 0 Å². The van der Waals surface area contributed by atoms with Gasteiger partial charge < -0.3 is 10.6 Å². The summed E-state index contributed by atoms with van der Waals surface area (Å²) in [6.45, 7) is 3.94. The molecule has 0 aromatic heterocycles. The maximum absolute atomic E-state index is 13.7. The maximum Gasteiger partial charge on any atom is 0.251 e. The molecule has 5 heteroatoms. The van der Waals surface area contributed by atoms with Crippen LogP contribution in [0.4, 0.5) is 4.39 Å². The molecule has 0 aliphatic heterocycles. The van der Waals surface area contributed by atoms with Gasteiger partial charge in [0.2, 0.25) is 5.91 Å². The Balaban J connectivity index is 2.05. The molecular formula is C20H23FN2O2. The first-order valence-electron chi connectivity index (χ1n) is 8.40. The van der Waals surface area contributed by atoms with Crippen molar-refractivity contribution in [3.63, 3.8) is 0 Å². The topological polar surface area (TPSA) is 58.2 Å². The lowest BCUT2D eigenvalue weighted by atomic mass is 9.97. The van der Waals surface area contributed by atoms with Gasteiger partial charge in [0.15, 0.2) is 0 Å². The average molecular weight is 342 g/mol. The minimum atomic E-state index is -0.676. The summed E-state index contributed by atoms with van der Waals surface area (Å²) in [6.07, 6.45) is 0.729. The quantitative estimate of drug-likeness (QED) is 0.811. The first kappa shape index (κ1) is 18.6. The lowest BCUT2D eigenvalue weighted by molar-refractivity contribution is -0.124. The first-order chi connectivity index (χ1) is 12.0. The van der Waals surface area contributed by atoms with E-state index in [-0.39, 0.29) is 30.1 Å². The van der Waals surface area contributed by atoms with Crippen molar-refractivity contribution in [2.24, 2.45) is 5.92 Å². The number of hydrogen-bond acceptors (Lipinski definition) is 2. The van der Waals surface area contributed by atoms with Gasteiger partial charge in [-0.2, -0.15) is 0 Å². The van der Waals surface area contributed by atoms with Crippen molar-refractivity contribution in [3.05, 3.63) is 71.5 Å². The lowest BCUT2D eigenvalue weighted by Crippen LogP contribution is -2.50. The molecule has 2 N–H and O–H groups in total. The van der Waals surface area contributed by atoms with E-state index >= 15 is 0 Å². The predicted molar refractivity (Wildman–Crippen MR) is 95.4 cm³/mol. The van der Waals surface area contributed by atoms with Crippen LogP contribution in [-0.4, -0.2) is 17.9 Å². The molecule has 0 heterocycles. The fraction of sp³-hybridized carbons (Fsp3) is 0.300. The Morgan fingerprint density at radius 1 is 1.04 bits per heavy atom. The second-order valence-electron chi connectivity index (χ2n) is 6.01. The highest BCUT2D eigenvalue weighted by atomic mass is 19.1. The Morgan fingerprint density at radius 2 is 1.68 bits per heavy atom. The largest absolute Gasteiger partial charge is 0.350 e. The zero-order chi connectivity index (χ0) is 18.2. The van der Waals surface area contributed by atoms with Crippen molar-refractivity contribution in [1.82, 2.24) is 10.6 Å². The molecule has 2 rings (SSSR count). The third-order valence-electron chi connectivity index (χ3n) is 4.23. The lowest BCUT2D eigenvalue weighted by Gasteiger charge is -2.23. The van der Waals surface area contributed by atoms with Gasteiger partial charge >= 0.3 is 0 Å². The SMILES string of the molecule is CC[C@H](C)[C@@H](NC(=O)c1ccccc1)C(=O)NCc1ccccc1F. The van der Waals surface area contributed by atoms with E-state index in [1.165, 1.54) is 6.07 Å². The molecule has 2 aromatic rings. The van der Waals surface area contributed by atoms with Gasteiger partial charge in [0.05, 0.1) is 0 Å². The van der Waals surface area contributed by atoms with Gasteiger partial charge in [-0.05, 0) is 24.1 Å². The smallest absolute Gasteiger partial charge is 0.251 e. The molecule has 2 aromatic carbocycles. The van der Waals surface area contributed by atoms with Gasteiger partial charge in [-0.3, -0.25) is 9.59 Å². The summed E-state index contributed by atoms with van der Waals surface area (Å²) in [5.41, 5.74) is 0.908. The monoisotopic (exact) mass is 342 g/mol. The zero-order valence-corrected chi connectivity index (χ0v) is 14.5. The van der Waals surface area contributed by atoms with Crippen LogP contribution in [0.1, 0.15) is 36.2 Å². The second-order valence-corrected chi connectivity index (χ2v) is 6.01. The van der Waals surface area contributed by atoms with Crippen molar-refractivity contribution >= 4 is 11.8 Å². The van der Waals surface area contributed by atoms with Crippen LogP contribution < -0.4 is 10.6 Å². The normalized spacial score (nSPS) is 12.9. The van der Waals surface area contributed by atoms with E-state index < -0.39 is 6.04 Å². The highest BCUT2D eigenvalue weighted by Gasteiger charge is 2.26. The summed E-state index contributed by atoms with van der Waals surface area (Å²) < 4.78 is 13.7. The van der Waals surface area contributed by atoms with Crippen LogP contribution in [-0.2, 0) is 11.3 Å². The number of hydrogen-bond donors (Lipinski definition) is 2. The molecule has 132 valence electrons. The van der Waals surface area contributed by atoms with E-state index in [1.54, 1.807) is 42.5 Å². The Labute approximate surface area is 147 Å². The number of rotatable bonds is 7. The van der Waals surface area contributed by atoms with Crippen LogP contribution in [0.3, 0.4) is 0 Å². The maximum atomic E-state index is 13.7. The molecule has 25 heavy (non-hydrogen) atoms. The number of halogens is 1. The second kappa shape index (κ2) is 8.97. The summed E-state index contributed by atoms with van der Waals surface area (Å²) in [5, 5.41) is 5.51. The van der Waals surface area contributed by atoms with Gasteiger partial charge in [-0.1, -0.05) is 56.7 Å². The Morgan fingerprint density at radius 3 is 2.32 bits per heavy atom. The average Bonchev–Trinajstić information content (AvgIpc) is 2.65. The van der Waals surface area contributed by atoms with Crippen molar-refractivity contribution in [2.45, 2.75) is 32.9 Å². The molecular weight excluding hydrogens is 319 g/mol. The van der Waals surface area contributed by atoms with E-state index in [9.17, 15) is 14.0 Å². The molecule has 0 aliphatic rings. The van der Waals surface area contributed by atoms with E-state index in [0.717, 1.165) is 6.42 Å².